The van der Waals surface area contributed by atoms with Gasteiger partial charge in [-0.1, -0.05) is 20.3 Å². The molecule has 72 valence electrons. The molecule has 0 bridgehead atoms. The molecule has 0 heterocycles. The first-order valence-electron chi connectivity index (χ1n) is 4.54. The van der Waals surface area contributed by atoms with E-state index in [1.807, 2.05) is 6.92 Å². The standard InChI is InChI=1S/C9H15F3/c1-3-5-7-6-8(7,4-2)9(10,11)12/h7H,3-6H2,1-2H3. The maximum atomic E-state index is 12.5. The minimum absolute atomic E-state index is 0.0903. The smallest absolute Gasteiger partial charge is 0.170 e. The highest BCUT2D eigenvalue weighted by atomic mass is 19.4. The summed E-state index contributed by atoms with van der Waals surface area (Å²) in [6, 6.07) is 0. The van der Waals surface area contributed by atoms with Gasteiger partial charge in [0.25, 0.3) is 0 Å². The van der Waals surface area contributed by atoms with E-state index < -0.39 is 11.6 Å². The number of hydrogen-bond donors (Lipinski definition) is 0. The van der Waals surface area contributed by atoms with Gasteiger partial charge in [0, 0.05) is 0 Å². The van der Waals surface area contributed by atoms with Crippen LogP contribution in [0.3, 0.4) is 0 Å². The average Bonchev–Trinajstić information content (AvgIpc) is 2.63. The van der Waals surface area contributed by atoms with Gasteiger partial charge in [-0.3, -0.25) is 0 Å². The van der Waals surface area contributed by atoms with Crippen LogP contribution in [0.15, 0.2) is 0 Å². The summed E-state index contributed by atoms with van der Waals surface area (Å²) >= 11 is 0. The first-order valence-corrected chi connectivity index (χ1v) is 4.54. The quantitative estimate of drug-likeness (QED) is 0.620. The van der Waals surface area contributed by atoms with Crippen molar-refractivity contribution in [3.05, 3.63) is 0 Å². The Morgan fingerprint density at radius 2 is 1.92 bits per heavy atom. The summed E-state index contributed by atoms with van der Waals surface area (Å²) in [4.78, 5) is 0. The highest BCUT2D eigenvalue weighted by Crippen LogP contribution is 2.65. The van der Waals surface area contributed by atoms with Gasteiger partial charge < -0.3 is 0 Å². The molecule has 0 radical (unpaired) electrons. The fraction of sp³-hybridized carbons (Fsp3) is 1.00. The molecule has 3 heteroatoms. The van der Waals surface area contributed by atoms with E-state index in [1.54, 1.807) is 6.92 Å². The summed E-state index contributed by atoms with van der Waals surface area (Å²) in [6.07, 6.45) is -1.76. The molecule has 0 spiro atoms. The van der Waals surface area contributed by atoms with Crippen LogP contribution in [0.2, 0.25) is 0 Å². The highest BCUT2D eigenvalue weighted by Gasteiger charge is 2.68. The van der Waals surface area contributed by atoms with Crippen molar-refractivity contribution in [1.29, 1.82) is 0 Å². The Morgan fingerprint density at radius 3 is 2.17 bits per heavy atom. The van der Waals surface area contributed by atoms with E-state index in [-0.39, 0.29) is 12.3 Å². The van der Waals surface area contributed by atoms with E-state index in [9.17, 15) is 13.2 Å². The summed E-state index contributed by atoms with van der Waals surface area (Å²) in [5.74, 6) is -0.0903. The van der Waals surface area contributed by atoms with E-state index in [2.05, 4.69) is 0 Å². The fourth-order valence-corrected chi connectivity index (χ4v) is 2.09. The lowest BCUT2D eigenvalue weighted by Crippen LogP contribution is -2.25. The molecular weight excluding hydrogens is 165 g/mol. The van der Waals surface area contributed by atoms with E-state index >= 15 is 0 Å². The lowest BCUT2D eigenvalue weighted by atomic mass is 9.97. The largest absolute Gasteiger partial charge is 0.394 e. The van der Waals surface area contributed by atoms with Gasteiger partial charge in [-0.2, -0.15) is 13.2 Å². The minimum atomic E-state index is -3.97. The highest BCUT2D eigenvalue weighted by molar-refractivity contribution is 5.05. The van der Waals surface area contributed by atoms with Crippen LogP contribution >= 0.6 is 0 Å². The molecule has 0 saturated heterocycles. The van der Waals surface area contributed by atoms with Crippen molar-refractivity contribution in [1.82, 2.24) is 0 Å². The molecule has 1 rings (SSSR count). The molecule has 0 nitrogen and oxygen atoms in total. The molecule has 0 aromatic carbocycles. The third-order valence-corrected chi connectivity index (χ3v) is 3.06. The van der Waals surface area contributed by atoms with Gasteiger partial charge in [0.15, 0.2) is 0 Å². The maximum Gasteiger partial charge on any atom is 0.394 e. The van der Waals surface area contributed by atoms with Gasteiger partial charge in [-0.25, -0.2) is 0 Å². The van der Waals surface area contributed by atoms with Gasteiger partial charge >= 0.3 is 6.18 Å². The van der Waals surface area contributed by atoms with E-state index in [0.29, 0.717) is 6.42 Å². The molecule has 1 fully saturated rings. The van der Waals surface area contributed by atoms with E-state index in [0.717, 1.165) is 12.8 Å². The van der Waals surface area contributed by atoms with Crippen molar-refractivity contribution in [3.8, 4) is 0 Å². The van der Waals surface area contributed by atoms with Crippen LogP contribution in [0.25, 0.3) is 0 Å². The second kappa shape index (κ2) is 2.93. The van der Waals surface area contributed by atoms with Crippen LogP contribution in [0.1, 0.15) is 39.5 Å². The second-order valence-electron chi connectivity index (χ2n) is 3.70. The molecule has 0 N–H and O–H groups in total. The van der Waals surface area contributed by atoms with Crippen molar-refractivity contribution >= 4 is 0 Å². The van der Waals surface area contributed by atoms with Gasteiger partial charge in [-0.05, 0) is 25.2 Å². The van der Waals surface area contributed by atoms with Crippen molar-refractivity contribution in [3.63, 3.8) is 0 Å². The SMILES string of the molecule is CCCC1CC1(CC)C(F)(F)F. The number of alkyl halides is 3. The van der Waals surface area contributed by atoms with Crippen LogP contribution in [0.4, 0.5) is 13.2 Å². The lowest BCUT2D eigenvalue weighted by molar-refractivity contribution is -0.193. The van der Waals surface area contributed by atoms with Gasteiger partial charge in [0.2, 0.25) is 0 Å². The molecule has 1 aliphatic rings. The molecule has 2 unspecified atom stereocenters. The van der Waals surface area contributed by atoms with Crippen molar-refractivity contribution in [2.45, 2.75) is 45.7 Å². The summed E-state index contributed by atoms with van der Waals surface area (Å²) in [5.41, 5.74) is -1.30. The zero-order valence-electron chi connectivity index (χ0n) is 7.54. The number of hydrogen-bond acceptors (Lipinski definition) is 0. The number of halogens is 3. The Bertz CT molecular complexity index is 162. The van der Waals surface area contributed by atoms with Crippen LogP contribution in [-0.2, 0) is 0 Å². The second-order valence-corrected chi connectivity index (χ2v) is 3.70. The van der Waals surface area contributed by atoms with Crippen molar-refractivity contribution in [2.75, 3.05) is 0 Å². The van der Waals surface area contributed by atoms with E-state index in [1.165, 1.54) is 0 Å². The molecular formula is C9H15F3. The Hall–Kier alpha value is -0.210. The normalized spacial score (nSPS) is 35.2. The Balaban J connectivity index is 2.59. The zero-order chi connectivity index (χ0) is 9.41. The molecule has 12 heavy (non-hydrogen) atoms. The number of rotatable bonds is 3. The first kappa shape index (κ1) is 9.87. The summed E-state index contributed by atoms with van der Waals surface area (Å²) in [7, 11) is 0. The van der Waals surface area contributed by atoms with Crippen LogP contribution in [0, 0.1) is 11.3 Å². The molecule has 0 aromatic heterocycles. The van der Waals surface area contributed by atoms with Crippen molar-refractivity contribution < 1.29 is 13.2 Å². The first-order chi connectivity index (χ1) is 5.48. The molecule has 0 aromatic rings. The Morgan fingerprint density at radius 1 is 1.33 bits per heavy atom. The van der Waals surface area contributed by atoms with Crippen LogP contribution in [0.5, 0.6) is 0 Å². The predicted molar refractivity (Wildman–Crippen MR) is 41.8 cm³/mol. The van der Waals surface area contributed by atoms with Gasteiger partial charge in [-0.15, -0.1) is 0 Å². The zero-order valence-corrected chi connectivity index (χ0v) is 7.54. The molecule has 2 atom stereocenters. The monoisotopic (exact) mass is 180 g/mol. The van der Waals surface area contributed by atoms with Gasteiger partial charge in [0.1, 0.15) is 0 Å². The molecule has 1 aliphatic carbocycles. The Labute approximate surface area is 71.1 Å². The minimum Gasteiger partial charge on any atom is -0.170 e. The van der Waals surface area contributed by atoms with Gasteiger partial charge in [0.05, 0.1) is 5.41 Å². The Kier molecular flexibility index (Phi) is 2.41. The average molecular weight is 180 g/mol. The summed E-state index contributed by atoms with van der Waals surface area (Å²) < 4.78 is 37.4. The van der Waals surface area contributed by atoms with Crippen molar-refractivity contribution in [2.24, 2.45) is 11.3 Å². The molecule has 0 amide bonds. The molecule has 1 saturated carbocycles. The fourth-order valence-electron chi connectivity index (χ4n) is 2.09. The summed E-state index contributed by atoms with van der Waals surface area (Å²) in [6.45, 7) is 3.58. The van der Waals surface area contributed by atoms with Crippen LogP contribution in [-0.4, -0.2) is 6.18 Å². The topological polar surface area (TPSA) is 0 Å². The van der Waals surface area contributed by atoms with E-state index in [4.69, 9.17) is 0 Å². The summed E-state index contributed by atoms with van der Waals surface area (Å²) in [5, 5.41) is 0. The third kappa shape index (κ3) is 1.34. The maximum absolute atomic E-state index is 12.5. The lowest BCUT2D eigenvalue weighted by Gasteiger charge is -2.18. The third-order valence-electron chi connectivity index (χ3n) is 3.06. The predicted octanol–water partition coefficient (Wildman–Crippen LogP) is 3.77. The van der Waals surface area contributed by atoms with Crippen LogP contribution < -0.4 is 0 Å². The molecule has 0 aliphatic heterocycles.